The minimum atomic E-state index is -0.117. The first-order valence-corrected chi connectivity index (χ1v) is 4.09. The standard InChI is InChI=1S/C8H17NO/c1-6-3-4-7(9-2)8(10)5-6/h6-10H,3-5H2,1-2H3. The van der Waals surface area contributed by atoms with E-state index in [-0.39, 0.29) is 6.10 Å². The van der Waals surface area contributed by atoms with E-state index in [1.54, 1.807) is 0 Å². The molecule has 2 heteroatoms. The second kappa shape index (κ2) is 3.35. The molecule has 0 aromatic carbocycles. The average molecular weight is 143 g/mol. The van der Waals surface area contributed by atoms with E-state index in [9.17, 15) is 5.11 Å². The maximum atomic E-state index is 9.48. The Balaban J connectivity index is 2.36. The zero-order chi connectivity index (χ0) is 7.56. The summed E-state index contributed by atoms with van der Waals surface area (Å²) >= 11 is 0. The van der Waals surface area contributed by atoms with Gasteiger partial charge in [0, 0.05) is 6.04 Å². The Morgan fingerprint density at radius 1 is 1.40 bits per heavy atom. The van der Waals surface area contributed by atoms with E-state index in [4.69, 9.17) is 0 Å². The SMILES string of the molecule is CNC1CCC(C)CC1O. The number of hydrogen-bond donors (Lipinski definition) is 2. The van der Waals surface area contributed by atoms with Gasteiger partial charge in [0.15, 0.2) is 0 Å². The van der Waals surface area contributed by atoms with Gasteiger partial charge in [-0.05, 0) is 32.2 Å². The lowest BCUT2D eigenvalue weighted by Gasteiger charge is -2.30. The van der Waals surface area contributed by atoms with Crippen molar-refractivity contribution in [3.8, 4) is 0 Å². The monoisotopic (exact) mass is 143 g/mol. The maximum Gasteiger partial charge on any atom is 0.0695 e. The minimum Gasteiger partial charge on any atom is -0.391 e. The fourth-order valence-electron chi connectivity index (χ4n) is 1.69. The first-order valence-electron chi connectivity index (χ1n) is 4.09. The summed E-state index contributed by atoms with van der Waals surface area (Å²) < 4.78 is 0. The smallest absolute Gasteiger partial charge is 0.0695 e. The van der Waals surface area contributed by atoms with Gasteiger partial charge in [0.05, 0.1) is 6.10 Å². The number of nitrogens with one attached hydrogen (secondary N) is 1. The van der Waals surface area contributed by atoms with Crippen LogP contribution in [0.1, 0.15) is 26.2 Å². The molecule has 0 spiro atoms. The molecule has 0 aromatic rings. The van der Waals surface area contributed by atoms with Crippen LogP contribution >= 0.6 is 0 Å². The fraction of sp³-hybridized carbons (Fsp3) is 1.00. The number of likely N-dealkylation sites (N-methyl/N-ethyl adjacent to an activating group) is 1. The van der Waals surface area contributed by atoms with Crippen molar-refractivity contribution in [2.24, 2.45) is 5.92 Å². The molecule has 10 heavy (non-hydrogen) atoms. The fourth-order valence-corrected chi connectivity index (χ4v) is 1.69. The molecular weight excluding hydrogens is 126 g/mol. The molecule has 1 aliphatic rings. The van der Waals surface area contributed by atoms with Crippen LogP contribution in [0.15, 0.2) is 0 Å². The molecule has 0 saturated heterocycles. The molecule has 2 N–H and O–H groups in total. The first kappa shape index (κ1) is 8.02. The summed E-state index contributed by atoms with van der Waals surface area (Å²) in [6.07, 6.45) is 3.22. The van der Waals surface area contributed by atoms with Gasteiger partial charge in [-0.25, -0.2) is 0 Å². The van der Waals surface area contributed by atoms with E-state index in [0.29, 0.717) is 12.0 Å². The van der Waals surface area contributed by atoms with Crippen molar-refractivity contribution in [3.05, 3.63) is 0 Å². The number of rotatable bonds is 1. The van der Waals surface area contributed by atoms with Crippen LogP contribution in [0.2, 0.25) is 0 Å². The Kier molecular flexibility index (Phi) is 2.69. The van der Waals surface area contributed by atoms with Crippen LogP contribution in [-0.2, 0) is 0 Å². The predicted octanol–water partition coefficient (Wildman–Crippen LogP) is 0.755. The number of aliphatic hydroxyl groups is 1. The van der Waals surface area contributed by atoms with Gasteiger partial charge >= 0.3 is 0 Å². The third-order valence-electron chi connectivity index (χ3n) is 2.45. The molecule has 0 bridgehead atoms. The van der Waals surface area contributed by atoms with Crippen LogP contribution in [0, 0.1) is 5.92 Å². The van der Waals surface area contributed by atoms with Gasteiger partial charge in [-0.1, -0.05) is 6.92 Å². The maximum absolute atomic E-state index is 9.48. The zero-order valence-electron chi connectivity index (χ0n) is 6.80. The third kappa shape index (κ3) is 1.70. The van der Waals surface area contributed by atoms with Gasteiger partial charge in [0.1, 0.15) is 0 Å². The van der Waals surface area contributed by atoms with Crippen LogP contribution < -0.4 is 5.32 Å². The predicted molar refractivity (Wildman–Crippen MR) is 41.9 cm³/mol. The molecule has 0 aromatic heterocycles. The van der Waals surface area contributed by atoms with Gasteiger partial charge in [0.25, 0.3) is 0 Å². The molecule has 3 atom stereocenters. The topological polar surface area (TPSA) is 32.3 Å². The molecule has 1 fully saturated rings. The van der Waals surface area contributed by atoms with Gasteiger partial charge in [0.2, 0.25) is 0 Å². The van der Waals surface area contributed by atoms with Gasteiger partial charge < -0.3 is 10.4 Å². The average Bonchev–Trinajstić information content (AvgIpc) is 1.88. The van der Waals surface area contributed by atoms with Gasteiger partial charge in [-0.3, -0.25) is 0 Å². The third-order valence-corrected chi connectivity index (χ3v) is 2.45. The quantitative estimate of drug-likeness (QED) is 0.568. The molecule has 1 aliphatic carbocycles. The van der Waals surface area contributed by atoms with Crippen molar-refractivity contribution in [1.29, 1.82) is 0 Å². The van der Waals surface area contributed by atoms with Crippen molar-refractivity contribution < 1.29 is 5.11 Å². The van der Waals surface area contributed by atoms with Crippen LogP contribution in [0.3, 0.4) is 0 Å². The Morgan fingerprint density at radius 3 is 2.60 bits per heavy atom. The number of aliphatic hydroxyl groups excluding tert-OH is 1. The van der Waals surface area contributed by atoms with Crippen LogP contribution in [-0.4, -0.2) is 24.3 Å². The van der Waals surface area contributed by atoms with E-state index in [0.717, 1.165) is 12.8 Å². The van der Waals surface area contributed by atoms with Crippen molar-refractivity contribution >= 4 is 0 Å². The van der Waals surface area contributed by atoms with Crippen LogP contribution in [0.5, 0.6) is 0 Å². The zero-order valence-corrected chi connectivity index (χ0v) is 6.80. The number of hydrogen-bond acceptors (Lipinski definition) is 2. The molecular formula is C8H17NO. The Hall–Kier alpha value is -0.0800. The summed E-state index contributed by atoms with van der Waals surface area (Å²) in [5.41, 5.74) is 0. The Labute approximate surface area is 62.6 Å². The van der Waals surface area contributed by atoms with Crippen molar-refractivity contribution in [2.75, 3.05) is 7.05 Å². The van der Waals surface area contributed by atoms with E-state index < -0.39 is 0 Å². The molecule has 2 nitrogen and oxygen atoms in total. The summed E-state index contributed by atoms with van der Waals surface area (Å²) in [7, 11) is 1.92. The lowest BCUT2D eigenvalue weighted by Crippen LogP contribution is -2.41. The lowest BCUT2D eigenvalue weighted by atomic mass is 9.85. The summed E-state index contributed by atoms with van der Waals surface area (Å²) in [6, 6.07) is 0.344. The molecule has 0 aliphatic heterocycles. The highest BCUT2D eigenvalue weighted by molar-refractivity contribution is 4.81. The van der Waals surface area contributed by atoms with Crippen LogP contribution in [0.4, 0.5) is 0 Å². The second-order valence-corrected chi connectivity index (χ2v) is 3.38. The normalized spacial score (nSPS) is 41.7. The molecule has 0 radical (unpaired) electrons. The Bertz CT molecular complexity index is 105. The van der Waals surface area contributed by atoms with Crippen molar-refractivity contribution in [3.63, 3.8) is 0 Å². The van der Waals surface area contributed by atoms with Crippen molar-refractivity contribution in [2.45, 2.75) is 38.3 Å². The summed E-state index contributed by atoms with van der Waals surface area (Å²) in [4.78, 5) is 0. The van der Waals surface area contributed by atoms with Crippen LogP contribution in [0.25, 0.3) is 0 Å². The molecule has 0 amide bonds. The summed E-state index contributed by atoms with van der Waals surface area (Å²) in [5.74, 6) is 0.708. The minimum absolute atomic E-state index is 0.117. The highest BCUT2D eigenvalue weighted by atomic mass is 16.3. The second-order valence-electron chi connectivity index (χ2n) is 3.38. The largest absolute Gasteiger partial charge is 0.391 e. The first-order chi connectivity index (χ1) is 4.74. The lowest BCUT2D eigenvalue weighted by molar-refractivity contribution is 0.0731. The van der Waals surface area contributed by atoms with Gasteiger partial charge in [-0.2, -0.15) is 0 Å². The van der Waals surface area contributed by atoms with Crippen molar-refractivity contribution in [1.82, 2.24) is 5.32 Å². The van der Waals surface area contributed by atoms with Gasteiger partial charge in [-0.15, -0.1) is 0 Å². The van der Waals surface area contributed by atoms with E-state index >= 15 is 0 Å². The highest BCUT2D eigenvalue weighted by Crippen LogP contribution is 2.23. The summed E-state index contributed by atoms with van der Waals surface area (Å²) in [5, 5.41) is 12.6. The van der Waals surface area contributed by atoms with E-state index in [2.05, 4.69) is 12.2 Å². The molecule has 3 unspecified atom stereocenters. The van der Waals surface area contributed by atoms with E-state index in [1.807, 2.05) is 7.05 Å². The molecule has 1 saturated carbocycles. The summed E-state index contributed by atoms with van der Waals surface area (Å²) in [6.45, 7) is 2.20. The molecule has 60 valence electrons. The van der Waals surface area contributed by atoms with E-state index in [1.165, 1.54) is 6.42 Å². The molecule has 0 heterocycles. The Morgan fingerprint density at radius 2 is 2.10 bits per heavy atom. The molecule has 1 rings (SSSR count). The highest BCUT2D eigenvalue weighted by Gasteiger charge is 2.24.